The highest BCUT2D eigenvalue weighted by molar-refractivity contribution is 5.56. The van der Waals surface area contributed by atoms with Crippen molar-refractivity contribution in [1.82, 2.24) is 9.97 Å². The zero-order chi connectivity index (χ0) is 13.8. The molecular formula is C14H24N4O. The molecule has 3 N–H and O–H groups in total. The number of aliphatic hydroxyl groups excluding tert-OH is 1. The molecule has 1 heterocycles. The van der Waals surface area contributed by atoms with Crippen LogP contribution in [0.3, 0.4) is 0 Å². The Morgan fingerprint density at radius 3 is 2.53 bits per heavy atom. The van der Waals surface area contributed by atoms with Gasteiger partial charge in [-0.1, -0.05) is 6.42 Å². The molecule has 1 aromatic rings. The summed E-state index contributed by atoms with van der Waals surface area (Å²) < 4.78 is 0. The molecule has 1 aliphatic carbocycles. The lowest BCUT2D eigenvalue weighted by Crippen LogP contribution is -2.22. The fourth-order valence-electron chi connectivity index (χ4n) is 2.89. The Balaban J connectivity index is 2.05. The van der Waals surface area contributed by atoms with E-state index >= 15 is 0 Å². The lowest BCUT2D eigenvalue weighted by atomic mass is 9.97. The molecule has 0 aliphatic heterocycles. The Morgan fingerprint density at radius 1 is 1.16 bits per heavy atom. The van der Waals surface area contributed by atoms with E-state index in [2.05, 4.69) is 20.6 Å². The van der Waals surface area contributed by atoms with Crippen LogP contribution in [-0.4, -0.2) is 35.3 Å². The summed E-state index contributed by atoms with van der Waals surface area (Å²) in [5.74, 6) is 3.54. The van der Waals surface area contributed by atoms with Crippen molar-refractivity contribution in [3.8, 4) is 0 Å². The van der Waals surface area contributed by atoms with Crippen LogP contribution in [0, 0.1) is 25.7 Å². The lowest BCUT2D eigenvalue weighted by molar-refractivity contribution is 0.199. The minimum absolute atomic E-state index is 0.301. The minimum atomic E-state index is 0.301. The highest BCUT2D eigenvalue weighted by atomic mass is 16.3. The van der Waals surface area contributed by atoms with Gasteiger partial charge in [-0.25, -0.2) is 9.97 Å². The third-order valence-corrected chi connectivity index (χ3v) is 4.08. The predicted octanol–water partition coefficient (Wildman–Crippen LogP) is 1.96. The van der Waals surface area contributed by atoms with E-state index in [4.69, 9.17) is 0 Å². The molecule has 106 valence electrons. The van der Waals surface area contributed by atoms with Gasteiger partial charge in [0, 0.05) is 25.8 Å². The summed E-state index contributed by atoms with van der Waals surface area (Å²) in [6.07, 6.45) is 3.56. The van der Waals surface area contributed by atoms with Crippen LogP contribution in [0.1, 0.15) is 30.7 Å². The van der Waals surface area contributed by atoms with Gasteiger partial charge in [-0.05, 0) is 38.5 Å². The summed E-state index contributed by atoms with van der Waals surface area (Å²) in [6, 6.07) is 0. The van der Waals surface area contributed by atoms with Crippen molar-refractivity contribution in [1.29, 1.82) is 0 Å². The average molecular weight is 264 g/mol. The number of aromatic nitrogens is 2. The number of aryl methyl sites for hydroxylation is 1. The molecule has 1 saturated carbocycles. The largest absolute Gasteiger partial charge is 0.396 e. The fraction of sp³-hybridized carbons (Fsp3) is 0.714. The SMILES string of the molecule is CNc1nc(C)nc(NCC2CCCC2CO)c1C. The van der Waals surface area contributed by atoms with Crippen LogP contribution >= 0.6 is 0 Å². The molecule has 2 unspecified atom stereocenters. The second-order valence-electron chi connectivity index (χ2n) is 5.36. The Bertz CT molecular complexity index is 436. The smallest absolute Gasteiger partial charge is 0.134 e. The van der Waals surface area contributed by atoms with Gasteiger partial charge in [-0.15, -0.1) is 0 Å². The summed E-state index contributed by atoms with van der Waals surface area (Å²) in [5, 5.41) is 15.9. The summed E-state index contributed by atoms with van der Waals surface area (Å²) in [6.45, 7) is 5.10. The maximum atomic E-state index is 9.35. The maximum Gasteiger partial charge on any atom is 0.134 e. The quantitative estimate of drug-likeness (QED) is 0.758. The van der Waals surface area contributed by atoms with Crippen molar-refractivity contribution in [3.63, 3.8) is 0 Å². The van der Waals surface area contributed by atoms with Gasteiger partial charge in [0.25, 0.3) is 0 Å². The van der Waals surface area contributed by atoms with Gasteiger partial charge in [-0.3, -0.25) is 0 Å². The van der Waals surface area contributed by atoms with Crippen LogP contribution in [0.2, 0.25) is 0 Å². The van der Waals surface area contributed by atoms with Crippen LogP contribution in [0.4, 0.5) is 11.6 Å². The van der Waals surface area contributed by atoms with E-state index in [-0.39, 0.29) is 0 Å². The first-order valence-corrected chi connectivity index (χ1v) is 7.03. The Labute approximate surface area is 114 Å². The predicted molar refractivity (Wildman–Crippen MR) is 77.5 cm³/mol. The minimum Gasteiger partial charge on any atom is -0.396 e. The molecular weight excluding hydrogens is 240 g/mol. The van der Waals surface area contributed by atoms with Crippen LogP contribution in [-0.2, 0) is 0 Å². The summed E-state index contributed by atoms with van der Waals surface area (Å²) in [5.41, 5.74) is 1.05. The van der Waals surface area contributed by atoms with Crippen molar-refractivity contribution >= 4 is 11.6 Å². The zero-order valence-electron chi connectivity index (χ0n) is 12.0. The molecule has 1 aliphatic rings. The van der Waals surface area contributed by atoms with E-state index < -0.39 is 0 Å². The second kappa shape index (κ2) is 6.19. The molecule has 0 spiro atoms. The van der Waals surface area contributed by atoms with Gasteiger partial charge in [-0.2, -0.15) is 0 Å². The van der Waals surface area contributed by atoms with E-state index in [1.807, 2.05) is 20.9 Å². The number of nitrogens with zero attached hydrogens (tertiary/aromatic N) is 2. The second-order valence-corrected chi connectivity index (χ2v) is 5.36. The van der Waals surface area contributed by atoms with Gasteiger partial charge in [0.15, 0.2) is 0 Å². The van der Waals surface area contributed by atoms with Gasteiger partial charge >= 0.3 is 0 Å². The van der Waals surface area contributed by atoms with Gasteiger partial charge in [0.2, 0.25) is 0 Å². The molecule has 0 bridgehead atoms. The van der Waals surface area contributed by atoms with E-state index in [1.54, 1.807) is 0 Å². The molecule has 5 heteroatoms. The Hall–Kier alpha value is -1.36. The summed E-state index contributed by atoms with van der Waals surface area (Å²) in [7, 11) is 1.87. The molecule has 0 radical (unpaired) electrons. The van der Waals surface area contributed by atoms with Crippen molar-refractivity contribution in [2.45, 2.75) is 33.1 Å². The van der Waals surface area contributed by atoms with Crippen molar-refractivity contribution in [2.75, 3.05) is 30.8 Å². The number of aliphatic hydroxyl groups is 1. The molecule has 0 saturated heterocycles. The van der Waals surface area contributed by atoms with E-state index in [9.17, 15) is 5.11 Å². The molecule has 2 rings (SSSR count). The molecule has 0 amide bonds. The molecule has 5 nitrogen and oxygen atoms in total. The van der Waals surface area contributed by atoms with Gasteiger partial charge in [0.05, 0.1) is 0 Å². The number of hydrogen-bond donors (Lipinski definition) is 3. The summed E-state index contributed by atoms with van der Waals surface area (Å²) in [4.78, 5) is 8.83. The Morgan fingerprint density at radius 2 is 1.84 bits per heavy atom. The summed E-state index contributed by atoms with van der Waals surface area (Å²) >= 11 is 0. The van der Waals surface area contributed by atoms with Crippen LogP contribution in [0.5, 0.6) is 0 Å². The third kappa shape index (κ3) is 3.15. The molecule has 19 heavy (non-hydrogen) atoms. The van der Waals surface area contributed by atoms with Crippen LogP contribution in [0.15, 0.2) is 0 Å². The standard InChI is InChI=1S/C14H24N4O/c1-9-13(15-3)17-10(2)18-14(9)16-7-11-5-4-6-12(11)8-19/h11-12,19H,4-8H2,1-3H3,(H2,15,16,17,18). The monoisotopic (exact) mass is 264 g/mol. The molecule has 2 atom stereocenters. The number of rotatable bonds is 5. The fourth-order valence-corrected chi connectivity index (χ4v) is 2.89. The van der Waals surface area contributed by atoms with E-state index in [0.717, 1.165) is 36.0 Å². The van der Waals surface area contributed by atoms with Crippen molar-refractivity contribution in [3.05, 3.63) is 11.4 Å². The first-order chi connectivity index (χ1) is 9.15. The Kier molecular flexibility index (Phi) is 4.58. The molecule has 0 aromatic carbocycles. The van der Waals surface area contributed by atoms with Crippen LogP contribution < -0.4 is 10.6 Å². The van der Waals surface area contributed by atoms with Crippen molar-refractivity contribution in [2.24, 2.45) is 11.8 Å². The number of nitrogens with one attached hydrogen (secondary N) is 2. The van der Waals surface area contributed by atoms with E-state index in [0.29, 0.717) is 18.4 Å². The maximum absolute atomic E-state index is 9.35. The molecule has 1 fully saturated rings. The topological polar surface area (TPSA) is 70.1 Å². The lowest BCUT2D eigenvalue weighted by Gasteiger charge is -2.19. The van der Waals surface area contributed by atoms with Gasteiger partial charge < -0.3 is 15.7 Å². The third-order valence-electron chi connectivity index (χ3n) is 4.08. The van der Waals surface area contributed by atoms with E-state index in [1.165, 1.54) is 12.8 Å². The van der Waals surface area contributed by atoms with Crippen molar-refractivity contribution < 1.29 is 5.11 Å². The van der Waals surface area contributed by atoms with Gasteiger partial charge in [0.1, 0.15) is 17.5 Å². The average Bonchev–Trinajstić information content (AvgIpc) is 2.86. The first-order valence-electron chi connectivity index (χ1n) is 7.03. The highest BCUT2D eigenvalue weighted by Gasteiger charge is 2.26. The van der Waals surface area contributed by atoms with Crippen LogP contribution in [0.25, 0.3) is 0 Å². The zero-order valence-corrected chi connectivity index (χ0v) is 12.0. The number of hydrogen-bond acceptors (Lipinski definition) is 5. The number of anilines is 2. The molecule has 1 aromatic heterocycles. The normalized spacial score (nSPS) is 22.5. The first kappa shape index (κ1) is 14.1. The highest BCUT2D eigenvalue weighted by Crippen LogP contribution is 2.31.